The lowest BCUT2D eigenvalue weighted by atomic mass is 10.1. The van der Waals surface area contributed by atoms with Gasteiger partial charge in [-0.1, -0.05) is 11.6 Å². The van der Waals surface area contributed by atoms with E-state index < -0.39 is 0 Å². The van der Waals surface area contributed by atoms with E-state index in [-0.39, 0.29) is 0 Å². The Bertz CT molecular complexity index is 712. The molecule has 102 valence electrons. The van der Waals surface area contributed by atoms with Crippen LogP contribution in [0.4, 0.5) is 5.69 Å². The molecule has 0 N–H and O–H groups in total. The number of halogens is 1. The van der Waals surface area contributed by atoms with Gasteiger partial charge in [-0.25, -0.2) is 4.98 Å². The van der Waals surface area contributed by atoms with Crippen molar-refractivity contribution in [2.45, 2.75) is 6.42 Å². The first-order valence-electron chi connectivity index (χ1n) is 6.38. The summed E-state index contributed by atoms with van der Waals surface area (Å²) < 4.78 is 0. The molecule has 3 nitrogen and oxygen atoms in total. The lowest BCUT2D eigenvalue weighted by Crippen LogP contribution is -2.20. The Balaban J connectivity index is 1.87. The van der Waals surface area contributed by atoms with E-state index in [1.807, 2.05) is 42.0 Å². The summed E-state index contributed by atoms with van der Waals surface area (Å²) in [5.41, 5.74) is 2.11. The number of hydrogen-bond donors (Lipinski definition) is 0. The molecular formula is C15H14ClN3S. The number of nitrogens with zero attached hydrogens (tertiary/aromatic N) is 3. The van der Waals surface area contributed by atoms with Crippen molar-refractivity contribution in [2.75, 3.05) is 18.5 Å². The molecule has 2 heterocycles. The summed E-state index contributed by atoms with van der Waals surface area (Å²) in [4.78, 5) is 10.9. The fourth-order valence-electron chi connectivity index (χ4n) is 2.20. The molecule has 0 fully saturated rings. The third kappa shape index (κ3) is 2.76. The molecule has 0 radical (unpaired) electrons. The monoisotopic (exact) mass is 303 g/mol. The minimum atomic E-state index is 0.736. The summed E-state index contributed by atoms with van der Waals surface area (Å²) in [6.45, 7) is 0.916. The van der Waals surface area contributed by atoms with E-state index in [2.05, 4.69) is 21.9 Å². The Hall–Kier alpha value is -1.65. The normalized spacial score (nSPS) is 10.9. The van der Waals surface area contributed by atoms with E-state index >= 15 is 0 Å². The van der Waals surface area contributed by atoms with Gasteiger partial charge in [-0.05, 0) is 24.3 Å². The fourth-order valence-corrected chi connectivity index (χ4v) is 2.98. The van der Waals surface area contributed by atoms with Crippen LogP contribution in [0.5, 0.6) is 0 Å². The van der Waals surface area contributed by atoms with Crippen LogP contribution in [0.15, 0.2) is 42.0 Å². The second-order valence-corrected chi connectivity index (χ2v) is 6.00. The van der Waals surface area contributed by atoms with Gasteiger partial charge in [0.05, 0.1) is 10.5 Å². The predicted molar refractivity (Wildman–Crippen MR) is 85.8 cm³/mol. The number of rotatable bonds is 4. The molecule has 0 aliphatic carbocycles. The van der Waals surface area contributed by atoms with Gasteiger partial charge in [0.1, 0.15) is 0 Å². The molecule has 0 unspecified atom stereocenters. The molecule has 20 heavy (non-hydrogen) atoms. The highest BCUT2D eigenvalue weighted by Crippen LogP contribution is 2.27. The summed E-state index contributed by atoms with van der Waals surface area (Å²) in [6.07, 6.45) is 4.63. The third-order valence-corrected chi connectivity index (χ3v) is 4.31. The second kappa shape index (κ2) is 5.77. The molecule has 0 atom stereocenters. The first kappa shape index (κ1) is 13.3. The quantitative estimate of drug-likeness (QED) is 0.729. The maximum absolute atomic E-state index is 6.10. The highest BCUT2D eigenvalue weighted by atomic mass is 35.5. The number of hydrogen-bond acceptors (Lipinski definition) is 4. The number of aromatic nitrogens is 2. The van der Waals surface area contributed by atoms with Crippen molar-refractivity contribution in [1.29, 1.82) is 0 Å². The van der Waals surface area contributed by atoms with Crippen LogP contribution in [0.25, 0.3) is 10.9 Å². The van der Waals surface area contributed by atoms with E-state index in [9.17, 15) is 0 Å². The first-order valence-corrected chi connectivity index (χ1v) is 7.63. The summed E-state index contributed by atoms with van der Waals surface area (Å²) in [6, 6.07) is 7.83. The van der Waals surface area contributed by atoms with Gasteiger partial charge in [-0.3, -0.25) is 4.98 Å². The summed E-state index contributed by atoms with van der Waals surface area (Å²) >= 11 is 7.79. The molecule has 3 aromatic rings. The van der Waals surface area contributed by atoms with Crippen molar-refractivity contribution in [1.82, 2.24) is 9.97 Å². The van der Waals surface area contributed by atoms with Gasteiger partial charge in [0.2, 0.25) is 0 Å². The van der Waals surface area contributed by atoms with Gasteiger partial charge in [-0.2, -0.15) is 0 Å². The number of benzene rings is 1. The largest absolute Gasteiger partial charge is 0.374 e. The topological polar surface area (TPSA) is 29.0 Å². The zero-order chi connectivity index (χ0) is 13.9. The van der Waals surface area contributed by atoms with Crippen LogP contribution in [0.1, 0.15) is 5.01 Å². The average Bonchev–Trinajstić information content (AvgIpc) is 2.97. The SMILES string of the molecule is CN(CCc1nccs1)c1ccnc2ccc(Cl)cc12. The van der Waals surface area contributed by atoms with Gasteiger partial charge >= 0.3 is 0 Å². The molecule has 0 amide bonds. The van der Waals surface area contributed by atoms with Crippen molar-refractivity contribution < 1.29 is 0 Å². The van der Waals surface area contributed by atoms with Gasteiger partial charge in [-0.15, -0.1) is 11.3 Å². The lowest BCUT2D eigenvalue weighted by molar-refractivity contribution is 0.872. The van der Waals surface area contributed by atoms with E-state index in [0.29, 0.717) is 0 Å². The molecule has 0 saturated carbocycles. The Morgan fingerprint density at radius 1 is 1.20 bits per heavy atom. The Morgan fingerprint density at radius 2 is 2.10 bits per heavy atom. The van der Waals surface area contributed by atoms with Crippen LogP contribution in [-0.2, 0) is 6.42 Å². The van der Waals surface area contributed by atoms with E-state index in [1.54, 1.807) is 11.3 Å². The smallest absolute Gasteiger partial charge is 0.0942 e. The third-order valence-electron chi connectivity index (χ3n) is 3.24. The standard InChI is InChI=1S/C15H14ClN3S/c1-19(8-5-15-18-7-9-20-15)14-4-6-17-13-3-2-11(16)10-12(13)14/h2-4,6-7,9-10H,5,8H2,1H3. The molecule has 0 saturated heterocycles. The number of thiazole rings is 1. The summed E-state index contributed by atoms with van der Waals surface area (Å²) in [7, 11) is 2.09. The van der Waals surface area contributed by atoms with Gasteiger partial charge < -0.3 is 4.90 Å². The van der Waals surface area contributed by atoms with Crippen molar-refractivity contribution in [3.63, 3.8) is 0 Å². The first-order chi connectivity index (χ1) is 9.74. The molecular weight excluding hydrogens is 290 g/mol. The Morgan fingerprint density at radius 3 is 2.90 bits per heavy atom. The Labute approximate surface area is 126 Å². The molecule has 1 aromatic carbocycles. The van der Waals surface area contributed by atoms with Crippen molar-refractivity contribution >= 4 is 39.5 Å². The maximum atomic E-state index is 6.10. The minimum absolute atomic E-state index is 0.736. The van der Waals surface area contributed by atoms with Gasteiger partial charge in [0.15, 0.2) is 0 Å². The van der Waals surface area contributed by atoms with Crippen molar-refractivity contribution in [3.05, 3.63) is 52.1 Å². The van der Waals surface area contributed by atoms with E-state index in [0.717, 1.165) is 39.6 Å². The number of fused-ring (bicyclic) bond motifs is 1. The molecule has 0 aliphatic rings. The molecule has 5 heteroatoms. The molecule has 3 rings (SSSR count). The molecule has 0 spiro atoms. The van der Waals surface area contributed by atoms with E-state index in [4.69, 9.17) is 11.6 Å². The predicted octanol–water partition coefficient (Wildman–Crippen LogP) is 4.02. The van der Waals surface area contributed by atoms with Crippen LogP contribution in [0.2, 0.25) is 5.02 Å². The zero-order valence-corrected chi connectivity index (χ0v) is 12.7. The van der Waals surface area contributed by atoms with Crippen LogP contribution in [-0.4, -0.2) is 23.6 Å². The van der Waals surface area contributed by atoms with Crippen LogP contribution >= 0.6 is 22.9 Å². The maximum Gasteiger partial charge on any atom is 0.0942 e. The van der Waals surface area contributed by atoms with Crippen molar-refractivity contribution in [3.8, 4) is 0 Å². The molecule has 2 aromatic heterocycles. The lowest BCUT2D eigenvalue weighted by Gasteiger charge is -2.20. The fraction of sp³-hybridized carbons (Fsp3) is 0.200. The summed E-state index contributed by atoms with van der Waals surface area (Å²) in [5.74, 6) is 0. The van der Waals surface area contributed by atoms with Gasteiger partial charge in [0.25, 0.3) is 0 Å². The van der Waals surface area contributed by atoms with Crippen LogP contribution in [0, 0.1) is 0 Å². The summed E-state index contributed by atoms with van der Waals surface area (Å²) in [5, 5.41) is 4.99. The molecule has 0 bridgehead atoms. The van der Waals surface area contributed by atoms with Crippen LogP contribution in [0.3, 0.4) is 0 Å². The zero-order valence-electron chi connectivity index (χ0n) is 11.1. The average molecular weight is 304 g/mol. The number of likely N-dealkylation sites (N-methyl/N-ethyl adjacent to an activating group) is 1. The van der Waals surface area contributed by atoms with Crippen molar-refractivity contribution in [2.24, 2.45) is 0 Å². The number of anilines is 1. The van der Waals surface area contributed by atoms with Gasteiger partial charge in [0, 0.05) is 53.9 Å². The van der Waals surface area contributed by atoms with Crippen LogP contribution < -0.4 is 4.90 Å². The minimum Gasteiger partial charge on any atom is -0.374 e. The Kier molecular flexibility index (Phi) is 3.85. The van der Waals surface area contributed by atoms with E-state index in [1.165, 1.54) is 0 Å². The number of pyridine rings is 1. The highest BCUT2D eigenvalue weighted by molar-refractivity contribution is 7.09. The highest BCUT2D eigenvalue weighted by Gasteiger charge is 2.08. The molecule has 0 aliphatic heterocycles. The second-order valence-electron chi connectivity index (χ2n) is 4.59.